The highest BCUT2D eigenvalue weighted by atomic mass is 79.9. The van der Waals surface area contributed by atoms with Crippen LogP contribution in [0.1, 0.15) is 17.5 Å². The largest absolute Gasteiger partial charge is 0.492 e. The van der Waals surface area contributed by atoms with E-state index in [-0.39, 0.29) is 0 Å². The van der Waals surface area contributed by atoms with Gasteiger partial charge in [-0.1, -0.05) is 42.5 Å². The van der Waals surface area contributed by atoms with Gasteiger partial charge in [-0.05, 0) is 40.4 Å². The number of benzene rings is 2. The molecule has 0 aliphatic carbocycles. The van der Waals surface area contributed by atoms with Crippen molar-refractivity contribution in [2.24, 2.45) is 5.73 Å². The molecule has 0 aliphatic rings. The third-order valence-corrected chi connectivity index (χ3v) is 3.59. The number of halogens is 1. The molecule has 0 bridgehead atoms. The van der Waals surface area contributed by atoms with Crippen LogP contribution < -0.4 is 10.5 Å². The molecule has 0 unspecified atom stereocenters. The Balaban J connectivity index is 1.86. The Hall–Kier alpha value is -1.32. The second kappa shape index (κ2) is 7.31. The minimum Gasteiger partial charge on any atom is -0.492 e. The van der Waals surface area contributed by atoms with Crippen LogP contribution in [0.3, 0.4) is 0 Å². The molecule has 0 spiro atoms. The number of hydrogen-bond donors (Lipinski definition) is 1. The van der Waals surface area contributed by atoms with Crippen LogP contribution in [0.2, 0.25) is 0 Å². The Morgan fingerprint density at radius 2 is 1.79 bits per heavy atom. The van der Waals surface area contributed by atoms with E-state index in [9.17, 15) is 0 Å². The molecule has 0 heterocycles. The third-order valence-electron chi connectivity index (χ3n) is 2.97. The van der Waals surface area contributed by atoms with Crippen molar-refractivity contribution >= 4 is 15.9 Å². The van der Waals surface area contributed by atoms with E-state index < -0.39 is 0 Å². The highest BCUT2D eigenvalue weighted by molar-refractivity contribution is 9.10. The predicted octanol–water partition coefficient (Wildman–Crippen LogP) is 3.92. The Kier molecular flexibility index (Phi) is 5.43. The summed E-state index contributed by atoms with van der Waals surface area (Å²) < 4.78 is 6.82. The van der Waals surface area contributed by atoms with Crippen molar-refractivity contribution in [2.75, 3.05) is 6.61 Å². The van der Waals surface area contributed by atoms with Crippen molar-refractivity contribution in [1.82, 2.24) is 0 Å². The molecule has 0 saturated carbocycles. The first-order chi connectivity index (χ1) is 9.31. The summed E-state index contributed by atoms with van der Waals surface area (Å²) in [5, 5.41) is 0. The fraction of sp³-hybridized carbons (Fsp3) is 0.250. The molecule has 3 heteroatoms. The van der Waals surface area contributed by atoms with Gasteiger partial charge < -0.3 is 10.5 Å². The van der Waals surface area contributed by atoms with Crippen molar-refractivity contribution in [1.29, 1.82) is 0 Å². The molecule has 0 radical (unpaired) electrons. The zero-order valence-corrected chi connectivity index (χ0v) is 12.4. The van der Waals surface area contributed by atoms with Gasteiger partial charge in [0, 0.05) is 12.1 Å². The second-order valence-electron chi connectivity index (χ2n) is 4.37. The van der Waals surface area contributed by atoms with Crippen LogP contribution in [0.5, 0.6) is 5.75 Å². The molecule has 0 amide bonds. The summed E-state index contributed by atoms with van der Waals surface area (Å²) in [6.07, 6.45) is 2.03. The maximum absolute atomic E-state index is 5.85. The van der Waals surface area contributed by atoms with E-state index in [2.05, 4.69) is 40.2 Å². The quantitative estimate of drug-likeness (QED) is 0.819. The van der Waals surface area contributed by atoms with Crippen molar-refractivity contribution in [3.05, 3.63) is 64.1 Å². The van der Waals surface area contributed by atoms with Gasteiger partial charge in [0.15, 0.2) is 0 Å². The molecule has 2 rings (SSSR count). The first-order valence-electron chi connectivity index (χ1n) is 6.45. The van der Waals surface area contributed by atoms with E-state index in [1.165, 1.54) is 5.56 Å². The Morgan fingerprint density at radius 3 is 2.53 bits per heavy atom. The molecular weight excluding hydrogens is 302 g/mol. The van der Waals surface area contributed by atoms with Gasteiger partial charge in [0.05, 0.1) is 11.1 Å². The zero-order chi connectivity index (χ0) is 13.5. The highest BCUT2D eigenvalue weighted by Gasteiger charge is 2.06. The van der Waals surface area contributed by atoms with Gasteiger partial charge in [0.2, 0.25) is 0 Å². The molecule has 0 saturated heterocycles. The van der Waals surface area contributed by atoms with Crippen LogP contribution in [-0.2, 0) is 13.0 Å². The normalized spacial score (nSPS) is 10.4. The van der Waals surface area contributed by atoms with Crippen LogP contribution in [-0.4, -0.2) is 6.61 Å². The topological polar surface area (TPSA) is 35.2 Å². The molecule has 0 atom stereocenters. The van der Waals surface area contributed by atoms with Crippen molar-refractivity contribution in [3.63, 3.8) is 0 Å². The van der Waals surface area contributed by atoms with Gasteiger partial charge >= 0.3 is 0 Å². The van der Waals surface area contributed by atoms with Gasteiger partial charge in [0.1, 0.15) is 5.75 Å². The van der Waals surface area contributed by atoms with E-state index in [0.717, 1.165) is 28.6 Å². The van der Waals surface area contributed by atoms with Gasteiger partial charge in [-0.3, -0.25) is 0 Å². The fourth-order valence-electron chi connectivity index (χ4n) is 1.97. The maximum atomic E-state index is 5.85. The lowest BCUT2D eigenvalue weighted by Crippen LogP contribution is -2.05. The number of nitrogens with two attached hydrogens (primary N) is 1. The third kappa shape index (κ3) is 4.08. The number of aryl methyl sites for hydroxylation is 1. The lowest BCUT2D eigenvalue weighted by molar-refractivity contribution is 0.306. The highest BCUT2D eigenvalue weighted by Crippen LogP contribution is 2.28. The van der Waals surface area contributed by atoms with E-state index in [1.54, 1.807) is 0 Å². The molecule has 2 N–H and O–H groups in total. The number of ether oxygens (including phenoxy) is 1. The van der Waals surface area contributed by atoms with Gasteiger partial charge in [-0.15, -0.1) is 0 Å². The fourth-order valence-corrected chi connectivity index (χ4v) is 2.49. The van der Waals surface area contributed by atoms with E-state index in [1.807, 2.05) is 24.3 Å². The second-order valence-corrected chi connectivity index (χ2v) is 5.22. The van der Waals surface area contributed by atoms with E-state index >= 15 is 0 Å². The van der Waals surface area contributed by atoms with Crippen LogP contribution in [0.15, 0.2) is 53.0 Å². The average molecular weight is 320 g/mol. The minimum atomic E-state index is 0.494. The molecule has 100 valence electrons. The van der Waals surface area contributed by atoms with Gasteiger partial charge in [-0.25, -0.2) is 0 Å². The van der Waals surface area contributed by atoms with E-state index in [0.29, 0.717) is 13.2 Å². The lowest BCUT2D eigenvalue weighted by atomic mass is 10.1. The molecule has 0 fully saturated rings. The summed E-state index contributed by atoms with van der Waals surface area (Å²) in [4.78, 5) is 0. The zero-order valence-electron chi connectivity index (χ0n) is 10.8. The summed E-state index contributed by atoms with van der Waals surface area (Å²) in [7, 11) is 0. The summed E-state index contributed by atoms with van der Waals surface area (Å²) in [5.41, 5.74) is 8.09. The van der Waals surface area contributed by atoms with Crippen LogP contribution in [0.25, 0.3) is 0 Å². The van der Waals surface area contributed by atoms with Gasteiger partial charge in [-0.2, -0.15) is 0 Å². The summed E-state index contributed by atoms with van der Waals surface area (Å²) >= 11 is 3.50. The standard InChI is InChI=1S/C16H18BrNO/c17-15-10-4-9-14(12-18)16(15)19-11-5-8-13-6-2-1-3-7-13/h1-4,6-7,9-10H,5,8,11-12,18H2. The Morgan fingerprint density at radius 1 is 1.00 bits per heavy atom. The van der Waals surface area contributed by atoms with Crippen molar-refractivity contribution < 1.29 is 4.74 Å². The Bertz CT molecular complexity index is 513. The summed E-state index contributed by atoms with van der Waals surface area (Å²) in [6, 6.07) is 16.4. The van der Waals surface area contributed by atoms with Crippen LogP contribution >= 0.6 is 15.9 Å². The lowest BCUT2D eigenvalue weighted by Gasteiger charge is -2.12. The van der Waals surface area contributed by atoms with Crippen LogP contribution in [0.4, 0.5) is 0 Å². The first-order valence-corrected chi connectivity index (χ1v) is 7.24. The molecule has 19 heavy (non-hydrogen) atoms. The first kappa shape index (κ1) is 14.1. The molecule has 2 nitrogen and oxygen atoms in total. The number of para-hydroxylation sites is 1. The monoisotopic (exact) mass is 319 g/mol. The van der Waals surface area contributed by atoms with E-state index in [4.69, 9.17) is 10.5 Å². The Labute approximate surface area is 122 Å². The smallest absolute Gasteiger partial charge is 0.137 e. The molecule has 0 aromatic heterocycles. The van der Waals surface area contributed by atoms with Crippen molar-refractivity contribution in [2.45, 2.75) is 19.4 Å². The summed E-state index contributed by atoms with van der Waals surface area (Å²) in [6.45, 7) is 1.19. The van der Waals surface area contributed by atoms with Crippen molar-refractivity contribution in [3.8, 4) is 5.75 Å². The maximum Gasteiger partial charge on any atom is 0.137 e. The number of hydrogen-bond acceptors (Lipinski definition) is 2. The number of rotatable bonds is 6. The summed E-state index contributed by atoms with van der Waals surface area (Å²) in [5.74, 6) is 0.873. The molecular formula is C16H18BrNO. The van der Waals surface area contributed by atoms with Crippen LogP contribution in [0, 0.1) is 0 Å². The van der Waals surface area contributed by atoms with Gasteiger partial charge in [0.25, 0.3) is 0 Å². The molecule has 2 aromatic carbocycles. The molecule has 2 aromatic rings. The predicted molar refractivity (Wildman–Crippen MR) is 82.3 cm³/mol. The average Bonchev–Trinajstić information content (AvgIpc) is 2.46. The SMILES string of the molecule is NCc1cccc(Br)c1OCCCc1ccccc1. The molecule has 0 aliphatic heterocycles. The minimum absolute atomic E-state index is 0.494.